The zero-order chi connectivity index (χ0) is 19.1. The zero-order valence-corrected chi connectivity index (χ0v) is 17.4. The second-order valence-electron chi connectivity index (χ2n) is 7.14. The highest BCUT2D eigenvalue weighted by molar-refractivity contribution is 7.91. The first kappa shape index (κ1) is 19.2. The third-order valence-electron chi connectivity index (χ3n) is 5.06. The molecule has 2 aromatic heterocycles. The van der Waals surface area contributed by atoms with Crippen molar-refractivity contribution in [1.82, 2.24) is 24.1 Å². The Morgan fingerprint density at radius 1 is 1.38 bits per heavy atom. The lowest BCUT2D eigenvalue weighted by molar-refractivity contribution is -0.917. The highest BCUT2D eigenvalue weighted by atomic mass is 32.2. The van der Waals surface area contributed by atoms with Crippen LogP contribution in [0.25, 0.3) is 0 Å². The van der Waals surface area contributed by atoms with Gasteiger partial charge in [-0.2, -0.15) is 14.9 Å². The number of quaternary nitrogens is 1. The van der Waals surface area contributed by atoms with Gasteiger partial charge in [0, 0.05) is 12.2 Å². The molecule has 1 N–H and O–H groups in total. The molecule has 3 rings (SSSR count). The van der Waals surface area contributed by atoms with E-state index in [-0.39, 0.29) is 17.5 Å². The average molecular weight is 400 g/mol. The van der Waals surface area contributed by atoms with E-state index in [0.717, 1.165) is 29.2 Å². The van der Waals surface area contributed by atoms with Crippen molar-refractivity contribution < 1.29 is 13.3 Å². The molecule has 26 heavy (non-hydrogen) atoms. The number of aromatic nitrogens is 5. The van der Waals surface area contributed by atoms with Gasteiger partial charge in [-0.3, -0.25) is 4.68 Å². The third-order valence-corrected chi connectivity index (χ3v) is 7.26. The molecule has 2 aromatic rings. The molecule has 144 valence electrons. The Labute approximate surface area is 159 Å². The summed E-state index contributed by atoms with van der Waals surface area (Å²) in [5, 5.41) is 9.01. The van der Waals surface area contributed by atoms with Gasteiger partial charge in [-0.1, -0.05) is 0 Å². The van der Waals surface area contributed by atoms with Crippen LogP contribution in [0.3, 0.4) is 0 Å². The van der Waals surface area contributed by atoms with E-state index in [1.54, 1.807) is 6.33 Å². The third kappa shape index (κ3) is 3.77. The average Bonchev–Trinajstić information content (AvgIpc) is 3.19. The largest absolute Gasteiger partial charge is 0.315 e. The predicted octanol–water partition coefficient (Wildman–Crippen LogP) is 0.279. The molecule has 0 amide bonds. The molecule has 1 saturated heterocycles. The van der Waals surface area contributed by atoms with Gasteiger partial charge in [0.2, 0.25) is 4.77 Å². The van der Waals surface area contributed by atoms with Crippen molar-refractivity contribution in [1.29, 1.82) is 0 Å². The monoisotopic (exact) mass is 399 g/mol. The van der Waals surface area contributed by atoms with E-state index < -0.39 is 9.84 Å². The first-order valence-corrected chi connectivity index (χ1v) is 11.1. The molecular weight excluding hydrogens is 372 g/mol. The molecule has 0 spiro atoms. The maximum Gasteiger partial charge on any atom is 0.202 e. The lowest BCUT2D eigenvalue weighted by Crippen LogP contribution is -3.07. The smallest absolute Gasteiger partial charge is 0.202 e. The zero-order valence-electron chi connectivity index (χ0n) is 15.8. The fourth-order valence-corrected chi connectivity index (χ4v) is 5.57. The number of aryl methyl sites for hydroxylation is 2. The predicted molar refractivity (Wildman–Crippen MR) is 101 cm³/mol. The standard InChI is InChI=1S/C16H26N6O2S2/c1-5-20-10-17-21(16(20)25)11-19(4)8-15-12(2)18-22(13(15)3)14-6-7-26(23,24)9-14/h10,14H,5-9,11H2,1-4H3/p+1/t14-/m1/s1. The van der Waals surface area contributed by atoms with Crippen molar-refractivity contribution >= 4 is 22.1 Å². The van der Waals surface area contributed by atoms with E-state index in [9.17, 15) is 8.42 Å². The van der Waals surface area contributed by atoms with Gasteiger partial charge in [0.25, 0.3) is 0 Å². The first-order chi connectivity index (χ1) is 12.2. The minimum atomic E-state index is -2.92. The van der Waals surface area contributed by atoms with Crippen LogP contribution in [0.4, 0.5) is 0 Å². The molecular formula is C16H27N6O2S2+. The van der Waals surface area contributed by atoms with Crippen LogP contribution in [-0.2, 0) is 29.6 Å². The molecule has 0 radical (unpaired) electrons. The molecule has 1 fully saturated rings. The number of sulfone groups is 1. The van der Waals surface area contributed by atoms with Gasteiger partial charge in [0.1, 0.15) is 12.9 Å². The topological polar surface area (TPSA) is 79.2 Å². The maximum absolute atomic E-state index is 11.8. The molecule has 10 heteroatoms. The molecule has 1 unspecified atom stereocenters. The summed E-state index contributed by atoms with van der Waals surface area (Å²) in [7, 11) is -0.824. The SMILES string of the molecule is CCn1cnn(C[NH+](C)Cc2c(C)nn([C@@H]3CCS(=O)(=O)C3)c2C)c1=S. The summed E-state index contributed by atoms with van der Waals surface area (Å²) in [5.41, 5.74) is 3.20. The summed E-state index contributed by atoms with van der Waals surface area (Å²) in [5.74, 6) is 0.454. The van der Waals surface area contributed by atoms with E-state index in [4.69, 9.17) is 12.2 Å². The second kappa shape index (κ2) is 7.24. The summed E-state index contributed by atoms with van der Waals surface area (Å²) >= 11 is 5.43. The van der Waals surface area contributed by atoms with Crippen molar-refractivity contribution in [2.24, 2.45) is 0 Å². The Morgan fingerprint density at radius 3 is 2.69 bits per heavy atom. The molecule has 8 nitrogen and oxygen atoms in total. The Morgan fingerprint density at radius 2 is 2.12 bits per heavy atom. The fourth-order valence-electron chi connectivity index (χ4n) is 3.59. The van der Waals surface area contributed by atoms with Crippen LogP contribution in [0.2, 0.25) is 0 Å². The van der Waals surface area contributed by atoms with Crippen LogP contribution in [0, 0.1) is 18.6 Å². The normalized spacial score (nSPS) is 20.5. The number of hydrogen-bond acceptors (Lipinski definition) is 5. The first-order valence-electron chi connectivity index (χ1n) is 8.90. The summed E-state index contributed by atoms with van der Waals surface area (Å²) < 4.78 is 30.0. The minimum Gasteiger partial charge on any atom is -0.315 e. The van der Waals surface area contributed by atoms with E-state index in [1.807, 2.05) is 34.7 Å². The Balaban J connectivity index is 1.75. The van der Waals surface area contributed by atoms with Crippen molar-refractivity contribution in [3.63, 3.8) is 0 Å². The highest BCUT2D eigenvalue weighted by Crippen LogP contribution is 2.26. The number of nitrogens with one attached hydrogen (secondary N) is 1. The van der Waals surface area contributed by atoms with E-state index >= 15 is 0 Å². The summed E-state index contributed by atoms with van der Waals surface area (Å²) in [6.45, 7) is 8.35. The molecule has 3 heterocycles. The molecule has 0 bridgehead atoms. The van der Waals surface area contributed by atoms with Crippen LogP contribution in [0.15, 0.2) is 6.33 Å². The van der Waals surface area contributed by atoms with Gasteiger partial charge >= 0.3 is 0 Å². The van der Waals surface area contributed by atoms with Crippen molar-refractivity contribution in [3.05, 3.63) is 28.0 Å². The lowest BCUT2D eigenvalue weighted by atomic mass is 10.2. The number of nitrogens with zero attached hydrogens (tertiary/aromatic N) is 5. The van der Waals surface area contributed by atoms with E-state index in [1.165, 1.54) is 10.5 Å². The van der Waals surface area contributed by atoms with Gasteiger partial charge in [-0.15, -0.1) is 0 Å². The summed E-state index contributed by atoms with van der Waals surface area (Å²) in [4.78, 5) is 1.24. The summed E-state index contributed by atoms with van der Waals surface area (Å²) in [6, 6.07) is -0.0402. The van der Waals surface area contributed by atoms with Gasteiger partial charge in [-0.25, -0.2) is 8.42 Å². The van der Waals surface area contributed by atoms with Crippen LogP contribution < -0.4 is 4.90 Å². The Kier molecular flexibility index (Phi) is 5.36. The molecule has 1 aliphatic heterocycles. The quantitative estimate of drug-likeness (QED) is 0.706. The fraction of sp³-hybridized carbons (Fsp3) is 0.688. The molecule has 0 aromatic carbocycles. The lowest BCUT2D eigenvalue weighted by Gasteiger charge is -2.15. The molecule has 0 saturated carbocycles. The van der Waals surface area contributed by atoms with Gasteiger partial charge in [-0.05, 0) is 39.4 Å². The van der Waals surface area contributed by atoms with Crippen molar-refractivity contribution in [2.45, 2.75) is 53.0 Å². The van der Waals surface area contributed by atoms with Gasteiger partial charge < -0.3 is 9.47 Å². The molecule has 1 aliphatic rings. The Hall–Kier alpha value is -1.52. The second-order valence-corrected chi connectivity index (χ2v) is 9.74. The van der Waals surface area contributed by atoms with Crippen LogP contribution >= 0.6 is 12.2 Å². The minimum absolute atomic E-state index is 0.0402. The van der Waals surface area contributed by atoms with E-state index in [0.29, 0.717) is 13.1 Å². The van der Waals surface area contributed by atoms with Crippen LogP contribution in [0.1, 0.15) is 36.3 Å². The number of rotatable bonds is 6. The van der Waals surface area contributed by atoms with E-state index in [2.05, 4.69) is 17.2 Å². The Bertz CT molecular complexity index is 956. The summed E-state index contributed by atoms with van der Waals surface area (Å²) in [6.07, 6.45) is 2.42. The van der Waals surface area contributed by atoms with Crippen molar-refractivity contribution in [2.75, 3.05) is 18.6 Å². The molecule has 0 aliphatic carbocycles. The molecule has 2 atom stereocenters. The van der Waals surface area contributed by atoms with Gasteiger partial charge in [0.15, 0.2) is 16.5 Å². The number of hydrogen-bond donors (Lipinski definition) is 1. The van der Waals surface area contributed by atoms with Gasteiger partial charge in [0.05, 0.1) is 35.9 Å². The van der Waals surface area contributed by atoms with Crippen molar-refractivity contribution in [3.8, 4) is 0 Å². The maximum atomic E-state index is 11.8. The van der Waals surface area contributed by atoms with Crippen LogP contribution in [-0.4, -0.2) is 51.1 Å². The van der Waals surface area contributed by atoms with Crippen LogP contribution in [0.5, 0.6) is 0 Å². The highest BCUT2D eigenvalue weighted by Gasteiger charge is 2.31.